The van der Waals surface area contributed by atoms with Gasteiger partial charge in [0.1, 0.15) is 0 Å². The standard InChI is InChI=1S/C21H23ClN4/c22-16-7-9-17(10-8-16)25-11-13-26(14-12-25)21-23-18-5-1-3-15-4-2-6-19(24-21)20(15)18/h1,3,5,7-10,19H,2,4,6,11-14H2,(H,23,24). The fraction of sp³-hybridized carbons (Fsp3) is 0.381. The molecule has 1 aliphatic carbocycles. The molecule has 134 valence electrons. The van der Waals surface area contributed by atoms with E-state index in [9.17, 15) is 0 Å². The second-order valence-electron chi connectivity index (χ2n) is 7.31. The molecule has 2 heterocycles. The molecule has 0 amide bonds. The minimum atomic E-state index is 0.334. The van der Waals surface area contributed by atoms with Crippen LogP contribution < -0.4 is 10.2 Å². The summed E-state index contributed by atoms with van der Waals surface area (Å²) in [6.45, 7) is 3.96. The summed E-state index contributed by atoms with van der Waals surface area (Å²) in [4.78, 5) is 9.90. The highest BCUT2D eigenvalue weighted by Gasteiger charge is 2.30. The van der Waals surface area contributed by atoms with Crippen molar-refractivity contribution in [2.75, 3.05) is 36.4 Å². The van der Waals surface area contributed by atoms with E-state index >= 15 is 0 Å². The zero-order chi connectivity index (χ0) is 17.5. The van der Waals surface area contributed by atoms with Crippen molar-refractivity contribution in [2.24, 2.45) is 4.99 Å². The van der Waals surface area contributed by atoms with Gasteiger partial charge in [-0.25, -0.2) is 4.99 Å². The van der Waals surface area contributed by atoms with Crippen LogP contribution in [0.2, 0.25) is 5.02 Å². The second-order valence-corrected chi connectivity index (χ2v) is 7.75. The summed E-state index contributed by atoms with van der Waals surface area (Å²) in [6, 6.07) is 15.1. The summed E-state index contributed by atoms with van der Waals surface area (Å²) in [5, 5.41) is 4.40. The minimum absolute atomic E-state index is 0.334. The Morgan fingerprint density at radius 2 is 1.73 bits per heavy atom. The number of guanidine groups is 1. The van der Waals surface area contributed by atoms with E-state index in [4.69, 9.17) is 16.6 Å². The Morgan fingerprint density at radius 1 is 0.962 bits per heavy atom. The van der Waals surface area contributed by atoms with E-state index < -0.39 is 0 Å². The van der Waals surface area contributed by atoms with Gasteiger partial charge in [0.05, 0.1) is 6.04 Å². The summed E-state index contributed by atoms with van der Waals surface area (Å²) in [7, 11) is 0. The van der Waals surface area contributed by atoms with Crippen molar-refractivity contribution in [1.82, 2.24) is 4.90 Å². The lowest BCUT2D eigenvalue weighted by Crippen LogP contribution is -2.51. The molecule has 2 aliphatic heterocycles. The number of benzene rings is 2. The molecule has 1 atom stereocenters. The lowest BCUT2D eigenvalue weighted by Gasteiger charge is -2.40. The summed E-state index contributed by atoms with van der Waals surface area (Å²) in [5.74, 6) is 1.05. The van der Waals surface area contributed by atoms with E-state index in [0.29, 0.717) is 6.04 Å². The maximum atomic E-state index is 6.01. The molecule has 5 heteroatoms. The highest BCUT2D eigenvalue weighted by atomic mass is 35.5. The quantitative estimate of drug-likeness (QED) is 0.815. The highest BCUT2D eigenvalue weighted by molar-refractivity contribution is 6.30. The van der Waals surface area contributed by atoms with Crippen LogP contribution in [0.15, 0.2) is 47.5 Å². The maximum absolute atomic E-state index is 6.01. The predicted octanol–water partition coefficient (Wildman–Crippen LogP) is 4.32. The van der Waals surface area contributed by atoms with Crippen LogP contribution in [0.25, 0.3) is 0 Å². The molecule has 4 nitrogen and oxygen atoms in total. The van der Waals surface area contributed by atoms with Crippen molar-refractivity contribution >= 4 is 28.9 Å². The number of hydrogen-bond acceptors (Lipinski definition) is 4. The third-order valence-electron chi connectivity index (χ3n) is 5.75. The number of piperazine rings is 1. The lowest BCUT2D eigenvalue weighted by molar-refractivity contribution is 0.379. The van der Waals surface area contributed by atoms with Gasteiger partial charge in [0.15, 0.2) is 5.96 Å². The van der Waals surface area contributed by atoms with Gasteiger partial charge in [-0.15, -0.1) is 0 Å². The molecular formula is C21H23ClN4. The van der Waals surface area contributed by atoms with Gasteiger partial charge >= 0.3 is 0 Å². The van der Waals surface area contributed by atoms with Crippen LogP contribution in [0.5, 0.6) is 0 Å². The Morgan fingerprint density at radius 3 is 2.54 bits per heavy atom. The largest absolute Gasteiger partial charge is 0.368 e. The second kappa shape index (κ2) is 6.51. The number of nitrogens with zero attached hydrogens (tertiary/aromatic N) is 3. The Hall–Kier alpha value is -2.20. The molecule has 0 radical (unpaired) electrons. The van der Waals surface area contributed by atoms with Crippen molar-refractivity contribution < 1.29 is 0 Å². The van der Waals surface area contributed by atoms with Gasteiger partial charge in [-0.3, -0.25) is 0 Å². The minimum Gasteiger partial charge on any atom is -0.368 e. The number of rotatable bonds is 1. The molecule has 0 bridgehead atoms. The van der Waals surface area contributed by atoms with Crippen LogP contribution in [0.4, 0.5) is 11.4 Å². The molecule has 2 aromatic carbocycles. The van der Waals surface area contributed by atoms with E-state index in [1.165, 1.54) is 41.8 Å². The zero-order valence-corrected chi connectivity index (χ0v) is 15.5. The SMILES string of the molecule is Clc1ccc(N2CCN(C3=NC4CCCc5cccc(c54)N3)CC2)cc1. The molecule has 26 heavy (non-hydrogen) atoms. The molecule has 3 aliphatic rings. The summed E-state index contributed by atoms with van der Waals surface area (Å²) >= 11 is 6.01. The number of nitrogens with one attached hydrogen (secondary N) is 1. The van der Waals surface area contributed by atoms with E-state index in [0.717, 1.165) is 37.2 Å². The van der Waals surface area contributed by atoms with Crippen molar-refractivity contribution in [1.29, 1.82) is 0 Å². The van der Waals surface area contributed by atoms with Gasteiger partial charge in [-0.1, -0.05) is 23.7 Å². The van der Waals surface area contributed by atoms with Crippen LogP contribution in [-0.2, 0) is 6.42 Å². The van der Waals surface area contributed by atoms with Gasteiger partial charge in [0.25, 0.3) is 0 Å². The first-order valence-corrected chi connectivity index (χ1v) is 9.88. The Bertz CT molecular complexity index is 838. The molecule has 1 unspecified atom stereocenters. The van der Waals surface area contributed by atoms with Crippen LogP contribution in [0.3, 0.4) is 0 Å². The fourth-order valence-corrected chi connectivity index (χ4v) is 4.51. The average molecular weight is 367 g/mol. The third kappa shape index (κ3) is 2.82. The first-order valence-electron chi connectivity index (χ1n) is 9.50. The fourth-order valence-electron chi connectivity index (χ4n) is 4.38. The molecule has 0 aromatic heterocycles. The van der Waals surface area contributed by atoms with Crippen LogP contribution >= 0.6 is 11.6 Å². The molecular weight excluding hydrogens is 344 g/mol. The highest BCUT2D eigenvalue weighted by Crippen LogP contribution is 2.40. The van der Waals surface area contributed by atoms with Crippen LogP contribution in [-0.4, -0.2) is 37.0 Å². The maximum Gasteiger partial charge on any atom is 0.199 e. The average Bonchev–Trinajstić information content (AvgIpc) is 2.69. The normalized spacial score (nSPS) is 21.7. The Balaban J connectivity index is 1.32. The number of hydrogen-bond donors (Lipinski definition) is 1. The summed E-state index contributed by atoms with van der Waals surface area (Å²) < 4.78 is 0. The van der Waals surface area contributed by atoms with E-state index in [1.807, 2.05) is 12.1 Å². The number of aliphatic imine (C=N–C) groups is 1. The summed E-state index contributed by atoms with van der Waals surface area (Å²) in [6.07, 6.45) is 3.59. The van der Waals surface area contributed by atoms with E-state index in [1.54, 1.807) is 0 Å². The van der Waals surface area contributed by atoms with Crippen molar-refractivity contribution in [3.63, 3.8) is 0 Å². The number of anilines is 2. The smallest absolute Gasteiger partial charge is 0.199 e. The van der Waals surface area contributed by atoms with Gasteiger partial charge in [-0.2, -0.15) is 0 Å². The Kier molecular flexibility index (Phi) is 4.01. The zero-order valence-electron chi connectivity index (χ0n) is 14.8. The van der Waals surface area contributed by atoms with Gasteiger partial charge in [-0.05, 0) is 55.2 Å². The van der Waals surface area contributed by atoms with Gasteiger partial charge in [0, 0.05) is 48.1 Å². The van der Waals surface area contributed by atoms with E-state index in [2.05, 4.69) is 45.4 Å². The molecule has 5 rings (SSSR count). The van der Waals surface area contributed by atoms with Gasteiger partial charge in [0.2, 0.25) is 0 Å². The van der Waals surface area contributed by atoms with Crippen molar-refractivity contribution in [3.8, 4) is 0 Å². The van der Waals surface area contributed by atoms with E-state index in [-0.39, 0.29) is 0 Å². The topological polar surface area (TPSA) is 30.9 Å². The number of halogens is 1. The van der Waals surface area contributed by atoms with Crippen LogP contribution in [0.1, 0.15) is 30.0 Å². The molecule has 1 fully saturated rings. The predicted molar refractivity (Wildman–Crippen MR) is 108 cm³/mol. The molecule has 1 N–H and O–H groups in total. The monoisotopic (exact) mass is 366 g/mol. The molecule has 1 saturated heterocycles. The Labute approximate surface area is 159 Å². The number of aryl methyl sites for hydroxylation is 1. The third-order valence-corrected chi connectivity index (χ3v) is 6.00. The van der Waals surface area contributed by atoms with Crippen molar-refractivity contribution in [2.45, 2.75) is 25.3 Å². The molecule has 2 aromatic rings. The molecule has 0 spiro atoms. The van der Waals surface area contributed by atoms with Gasteiger partial charge < -0.3 is 15.1 Å². The summed E-state index contributed by atoms with van der Waals surface area (Å²) in [5.41, 5.74) is 5.41. The molecule has 0 saturated carbocycles. The lowest BCUT2D eigenvalue weighted by atomic mass is 9.86. The first kappa shape index (κ1) is 16.0. The first-order chi connectivity index (χ1) is 12.8. The van der Waals surface area contributed by atoms with Crippen molar-refractivity contribution in [3.05, 3.63) is 58.6 Å². The van der Waals surface area contributed by atoms with Crippen LogP contribution in [0, 0.1) is 0 Å².